The van der Waals surface area contributed by atoms with E-state index in [1.54, 1.807) is 0 Å². The molecule has 0 atom stereocenters. The van der Waals surface area contributed by atoms with E-state index in [0.29, 0.717) is 23.4 Å². The fourth-order valence-electron chi connectivity index (χ4n) is 1.93. The van der Waals surface area contributed by atoms with Crippen LogP contribution in [0.2, 0.25) is 0 Å². The van der Waals surface area contributed by atoms with E-state index in [1.807, 2.05) is 0 Å². The zero-order chi connectivity index (χ0) is 10.7. The Morgan fingerprint density at radius 3 is 1.31 bits per heavy atom. The van der Waals surface area contributed by atoms with E-state index >= 15 is 0 Å². The summed E-state index contributed by atoms with van der Waals surface area (Å²) in [5.74, 6) is 0.458. The Morgan fingerprint density at radius 1 is 0.846 bits per heavy atom. The molecule has 0 aromatic carbocycles. The minimum absolute atomic E-state index is 0.328. The first-order valence-corrected chi connectivity index (χ1v) is 5.25. The molecule has 0 rings (SSSR count). The van der Waals surface area contributed by atoms with Gasteiger partial charge in [-0.2, -0.15) is 0 Å². The molecule has 0 amide bonds. The minimum atomic E-state index is 0.328. The van der Waals surface area contributed by atoms with Crippen LogP contribution in [0.5, 0.6) is 0 Å². The zero-order valence-electron chi connectivity index (χ0n) is 10.1. The van der Waals surface area contributed by atoms with Crippen LogP contribution in [0.1, 0.15) is 54.4 Å². The summed E-state index contributed by atoms with van der Waals surface area (Å²) < 4.78 is 0. The van der Waals surface area contributed by atoms with Gasteiger partial charge in [0.25, 0.3) is 0 Å². The van der Waals surface area contributed by atoms with Crippen LogP contribution in [0.15, 0.2) is 0 Å². The summed E-state index contributed by atoms with van der Waals surface area (Å²) in [6, 6.07) is 0. The molecule has 0 heterocycles. The van der Waals surface area contributed by atoms with Gasteiger partial charge in [-0.15, -0.1) is 0 Å². The van der Waals surface area contributed by atoms with E-state index in [-0.39, 0.29) is 0 Å². The highest BCUT2D eigenvalue weighted by molar-refractivity contribution is 4.74. The van der Waals surface area contributed by atoms with Crippen molar-refractivity contribution >= 4 is 0 Å². The van der Waals surface area contributed by atoms with Crippen molar-refractivity contribution in [2.24, 2.45) is 16.7 Å². The third kappa shape index (κ3) is 8.29. The van der Waals surface area contributed by atoms with Crippen LogP contribution in [0, 0.1) is 16.7 Å². The second-order valence-electron chi connectivity index (χ2n) is 6.58. The average Bonchev–Trinajstić information content (AvgIpc) is 1.79. The first-order chi connectivity index (χ1) is 5.64. The molecule has 0 unspecified atom stereocenters. The maximum Gasteiger partial charge on any atom is 0.0459 e. The summed E-state index contributed by atoms with van der Waals surface area (Å²) in [5, 5.41) is 9.25. The average molecular weight is 186 g/mol. The van der Waals surface area contributed by atoms with Crippen LogP contribution < -0.4 is 0 Å². The lowest BCUT2D eigenvalue weighted by Crippen LogP contribution is -2.21. The van der Waals surface area contributed by atoms with Crippen molar-refractivity contribution in [1.82, 2.24) is 0 Å². The topological polar surface area (TPSA) is 20.2 Å². The zero-order valence-corrected chi connectivity index (χ0v) is 10.1. The Bertz CT molecular complexity index is 120. The van der Waals surface area contributed by atoms with E-state index in [2.05, 4.69) is 41.5 Å². The Balaban J connectivity index is 4.05. The fraction of sp³-hybridized carbons (Fsp3) is 1.00. The van der Waals surface area contributed by atoms with E-state index in [1.165, 1.54) is 0 Å². The van der Waals surface area contributed by atoms with Crippen molar-refractivity contribution in [3.05, 3.63) is 0 Å². The molecule has 80 valence electrons. The molecule has 0 aliphatic carbocycles. The molecule has 0 spiro atoms. The van der Waals surface area contributed by atoms with Gasteiger partial charge in [0.15, 0.2) is 0 Å². The van der Waals surface area contributed by atoms with Gasteiger partial charge in [0.2, 0.25) is 0 Å². The van der Waals surface area contributed by atoms with Crippen LogP contribution in [-0.2, 0) is 0 Å². The normalized spacial score (nSPS) is 13.8. The van der Waals surface area contributed by atoms with E-state index in [4.69, 9.17) is 0 Å². The van der Waals surface area contributed by atoms with Gasteiger partial charge >= 0.3 is 0 Å². The van der Waals surface area contributed by atoms with Crippen molar-refractivity contribution in [2.75, 3.05) is 6.61 Å². The van der Waals surface area contributed by atoms with Crippen molar-refractivity contribution < 1.29 is 5.11 Å². The Labute approximate surface area is 83.5 Å². The third-order valence-corrected chi connectivity index (χ3v) is 2.06. The van der Waals surface area contributed by atoms with Gasteiger partial charge in [0.1, 0.15) is 0 Å². The summed E-state index contributed by atoms with van der Waals surface area (Å²) in [6.07, 6.45) is 2.22. The number of aliphatic hydroxyl groups is 1. The summed E-state index contributed by atoms with van der Waals surface area (Å²) in [7, 11) is 0. The molecule has 0 saturated heterocycles. The molecule has 0 saturated carbocycles. The lowest BCUT2D eigenvalue weighted by Gasteiger charge is -2.29. The minimum Gasteiger partial charge on any atom is -0.396 e. The molecule has 0 aromatic heterocycles. The van der Waals surface area contributed by atoms with Crippen LogP contribution in [0.4, 0.5) is 0 Å². The second-order valence-corrected chi connectivity index (χ2v) is 6.58. The van der Waals surface area contributed by atoms with Gasteiger partial charge < -0.3 is 5.11 Å². The maximum absolute atomic E-state index is 9.25. The van der Waals surface area contributed by atoms with Gasteiger partial charge in [-0.25, -0.2) is 0 Å². The lowest BCUT2D eigenvalue weighted by atomic mass is 9.77. The molecule has 1 N–H and O–H groups in total. The molecule has 0 aliphatic rings. The fourth-order valence-corrected chi connectivity index (χ4v) is 1.93. The first-order valence-electron chi connectivity index (χ1n) is 5.25. The standard InChI is InChI=1S/C12H26O/c1-11(2,3)7-10(9-13)8-12(4,5)6/h10,13H,7-9H2,1-6H3. The molecule has 0 fully saturated rings. The van der Waals surface area contributed by atoms with Crippen LogP contribution in [-0.4, -0.2) is 11.7 Å². The van der Waals surface area contributed by atoms with Gasteiger partial charge in [0, 0.05) is 6.61 Å². The quantitative estimate of drug-likeness (QED) is 0.715. The molecular formula is C12H26O. The van der Waals surface area contributed by atoms with E-state index in [9.17, 15) is 5.11 Å². The number of hydrogen-bond donors (Lipinski definition) is 1. The van der Waals surface area contributed by atoms with Crippen molar-refractivity contribution in [2.45, 2.75) is 54.4 Å². The molecule has 0 bridgehead atoms. The second kappa shape index (κ2) is 4.45. The molecule has 0 aromatic rings. The predicted octanol–water partition coefficient (Wildman–Crippen LogP) is 3.47. The summed E-state index contributed by atoms with van der Waals surface area (Å²) in [5.41, 5.74) is 0.664. The van der Waals surface area contributed by atoms with Crippen molar-refractivity contribution in [3.8, 4) is 0 Å². The van der Waals surface area contributed by atoms with Crippen LogP contribution >= 0.6 is 0 Å². The monoisotopic (exact) mass is 186 g/mol. The van der Waals surface area contributed by atoms with Crippen LogP contribution in [0.3, 0.4) is 0 Å². The molecule has 13 heavy (non-hydrogen) atoms. The van der Waals surface area contributed by atoms with E-state index < -0.39 is 0 Å². The van der Waals surface area contributed by atoms with E-state index in [0.717, 1.165) is 12.8 Å². The number of aliphatic hydroxyl groups excluding tert-OH is 1. The van der Waals surface area contributed by atoms with Crippen LogP contribution in [0.25, 0.3) is 0 Å². The molecule has 0 radical (unpaired) electrons. The Morgan fingerprint density at radius 2 is 1.15 bits per heavy atom. The maximum atomic E-state index is 9.25. The highest BCUT2D eigenvalue weighted by atomic mass is 16.3. The van der Waals surface area contributed by atoms with Gasteiger partial charge in [0.05, 0.1) is 0 Å². The Kier molecular flexibility index (Phi) is 4.44. The summed E-state index contributed by atoms with van der Waals surface area (Å²) in [6.45, 7) is 13.7. The summed E-state index contributed by atoms with van der Waals surface area (Å²) in [4.78, 5) is 0. The molecule has 0 aliphatic heterocycles. The smallest absolute Gasteiger partial charge is 0.0459 e. The van der Waals surface area contributed by atoms with Gasteiger partial charge in [-0.1, -0.05) is 41.5 Å². The lowest BCUT2D eigenvalue weighted by molar-refractivity contribution is 0.138. The van der Waals surface area contributed by atoms with Crippen molar-refractivity contribution in [1.29, 1.82) is 0 Å². The highest BCUT2D eigenvalue weighted by Crippen LogP contribution is 2.32. The SMILES string of the molecule is CC(C)(C)CC(CO)CC(C)(C)C. The van der Waals surface area contributed by atoms with Crippen molar-refractivity contribution in [3.63, 3.8) is 0 Å². The number of hydrogen-bond acceptors (Lipinski definition) is 1. The molecular weight excluding hydrogens is 160 g/mol. The predicted molar refractivity (Wildman–Crippen MR) is 58.7 cm³/mol. The van der Waals surface area contributed by atoms with Gasteiger partial charge in [-0.05, 0) is 29.6 Å². The third-order valence-electron chi connectivity index (χ3n) is 2.06. The molecule has 1 heteroatoms. The van der Waals surface area contributed by atoms with Gasteiger partial charge in [-0.3, -0.25) is 0 Å². The highest BCUT2D eigenvalue weighted by Gasteiger charge is 2.22. The number of rotatable bonds is 3. The summed E-state index contributed by atoms with van der Waals surface area (Å²) >= 11 is 0. The largest absolute Gasteiger partial charge is 0.396 e. The molecule has 1 nitrogen and oxygen atoms in total. The Hall–Kier alpha value is -0.0400. The first kappa shape index (κ1) is 13.0.